The standard InChI is InChI=1S/C21H22ClN3O4S2.ClH/c22-17-7-4-8-18-20(17)23-21(30-18)25(10-9-24-11-13-29-14-12-24)19(26)15-31(27,28)16-5-2-1-3-6-16;/h1-8H,9-15H2;1H. The maximum atomic E-state index is 13.2. The first-order valence-electron chi connectivity index (χ1n) is 9.87. The quantitative estimate of drug-likeness (QED) is 0.478. The number of hydrogen-bond acceptors (Lipinski definition) is 7. The maximum Gasteiger partial charge on any atom is 0.244 e. The van der Waals surface area contributed by atoms with Gasteiger partial charge in [0.1, 0.15) is 11.3 Å². The van der Waals surface area contributed by atoms with E-state index >= 15 is 0 Å². The molecule has 3 aromatic rings. The molecule has 0 atom stereocenters. The number of ether oxygens (including phenoxy) is 1. The molecule has 0 N–H and O–H groups in total. The van der Waals surface area contributed by atoms with Crippen LogP contribution in [0.25, 0.3) is 10.2 Å². The van der Waals surface area contributed by atoms with E-state index in [9.17, 15) is 13.2 Å². The molecular weight excluding hydrogens is 493 g/mol. The van der Waals surface area contributed by atoms with Crippen molar-refractivity contribution in [1.82, 2.24) is 9.88 Å². The van der Waals surface area contributed by atoms with Crippen molar-refractivity contribution >= 4 is 66.4 Å². The third kappa shape index (κ3) is 5.78. The number of halogens is 2. The topological polar surface area (TPSA) is 79.8 Å². The third-order valence-electron chi connectivity index (χ3n) is 5.05. The predicted molar refractivity (Wildman–Crippen MR) is 130 cm³/mol. The average Bonchev–Trinajstić information content (AvgIpc) is 3.20. The van der Waals surface area contributed by atoms with Crippen LogP contribution in [0.2, 0.25) is 5.02 Å². The molecule has 0 aliphatic carbocycles. The number of morpholine rings is 1. The second-order valence-corrected chi connectivity index (χ2v) is 10.6. The molecule has 172 valence electrons. The molecule has 0 radical (unpaired) electrons. The van der Waals surface area contributed by atoms with Gasteiger partial charge in [-0.05, 0) is 24.3 Å². The van der Waals surface area contributed by atoms with E-state index in [2.05, 4.69) is 9.88 Å². The first-order chi connectivity index (χ1) is 14.9. The summed E-state index contributed by atoms with van der Waals surface area (Å²) in [5.41, 5.74) is 0.610. The molecule has 2 heterocycles. The fraction of sp³-hybridized carbons (Fsp3) is 0.333. The SMILES string of the molecule is Cl.O=C(CS(=O)(=O)c1ccccc1)N(CCN1CCOCC1)c1nc2c(Cl)cccc2s1. The van der Waals surface area contributed by atoms with E-state index in [0.29, 0.717) is 42.0 Å². The van der Waals surface area contributed by atoms with Crippen molar-refractivity contribution in [1.29, 1.82) is 0 Å². The number of fused-ring (bicyclic) bond motifs is 1. The number of nitrogens with zero attached hydrogens (tertiary/aromatic N) is 3. The van der Waals surface area contributed by atoms with E-state index in [1.807, 2.05) is 12.1 Å². The lowest BCUT2D eigenvalue weighted by atomic mass is 10.3. The van der Waals surface area contributed by atoms with E-state index in [-0.39, 0.29) is 17.3 Å². The van der Waals surface area contributed by atoms with Crippen LogP contribution in [0.15, 0.2) is 53.4 Å². The van der Waals surface area contributed by atoms with Gasteiger partial charge < -0.3 is 4.74 Å². The molecule has 1 aliphatic rings. The summed E-state index contributed by atoms with van der Waals surface area (Å²) in [5.74, 6) is -1.13. The number of amides is 1. The number of thiazole rings is 1. The van der Waals surface area contributed by atoms with Crippen molar-refractivity contribution in [3.05, 3.63) is 53.6 Å². The molecule has 7 nitrogen and oxygen atoms in total. The summed E-state index contributed by atoms with van der Waals surface area (Å²) in [4.78, 5) is 21.5. The highest BCUT2D eigenvalue weighted by molar-refractivity contribution is 7.92. The Morgan fingerprint density at radius 2 is 1.84 bits per heavy atom. The summed E-state index contributed by atoms with van der Waals surface area (Å²) in [5, 5.41) is 0.946. The maximum absolute atomic E-state index is 13.2. The molecule has 0 bridgehead atoms. The smallest absolute Gasteiger partial charge is 0.244 e. The highest BCUT2D eigenvalue weighted by Crippen LogP contribution is 2.33. The molecular formula is C21H23Cl2N3O4S2. The Hall–Kier alpha value is -1.75. The molecule has 32 heavy (non-hydrogen) atoms. The van der Waals surface area contributed by atoms with Gasteiger partial charge in [-0.3, -0.25) is 14.6 Å². The summed E-state index contributed by atoms with van der Waals surface area (Å²) < 4.78 is 31.8. The van der Waals surface area contributed by atoms with Gasteiger partial charge in [0.2, 0.25) is 5.91 Å². The molecule has 0 unspecified atom stereocenters. The third-order valence-corrected chi connectivity index (χ3v) is 8.02. The van der Waals surface area contributed by atoms with Crippen LogP contribution in [0.1, 0.15) is 0 Å². The summed E-state index contributed by atoms with van der Waals surface area (Å²) in [6.07, 6.45) is 0. The first-order valence-corrected chi connectivity index (χ1v) is 12.7. The van der Waals surface area contributed by atoms with Gasteiger partial charge in [0, 0.05) is 26.2 Å². The summed E-state index contributed by atoms with van der Waals surface area (Å²) in [6, 6.07) is 13.5. The largest absolute Gasteiger partial charge is 0.379 e. The van der Waals surface area contributed by atoms with Crippen LogP contribution in [-0.2, 0) is 19.4 Å². The number of carbonyl (C=O) groups is 1. The van der Waals surface area contributed by atoms with Gasteiger partial charge in [-0.1, -0.05) is 47.2 Å². The lowest BCUT2D eigenvalue weighted by Crippen LogP contribution is -2.44. The van der Waals surface area contributed by atoms with Crippen molar-refractivity contribution in [2.75, 3.05) is 50.0 Å². The van der Waals surface area contributed by atoms with E-state index in [1.54, 1.807) is 24.3 Å². The zero-order valence-corrected chi connectivity index (χ0v) is 20.4. The van der Waals surface area contributed by atoms with Crippen LogP contribution in [0.3, 0.4) is 0 Å². The lowest BCUT2D eigenvalue weighted by Gasteiger charge is -2.29. The number of sulfone groups is 1. The molecule has 1 fully saturated rings. The van der Waals surface area contributed by atoms with Crippen LogP contribution in [0, 0.1) is 0 Å². The Morgan fingerprint density at radius 3 is 2.53 bits per heavy atom. The van der Waals surface area contributed by atoms with Crippen LogP contribution >= 0.6 is 35.3 Å². The predicted octanol–water partition coefficient (Wildman–Crippen LogP) is 3.51. The Morgan fingerprint density at radius 1 is 1.12 bits per heavy atom. The van der Waals surface area contributed by atoms with Gasteiger partial charge in [-0.25, -0.2) is 13.4 Å². The second kappa shape index (κ2) is 10.9. The molecule has 0 spiro atoms. The minimum Gasteiger partial charge on any atom is -0.379 e. The van der Waals surface area contributed by atoms with E-state index in [4.69, 9.17) is 16.3 Å². The second-order valence-electron chi connectivity index (χ2n) is 7.15. The van der Waals surface area contributed by atoms with Gasteiger partial charge in [0.15, 0.2) is 15.0 Å². The van der Waals surface area contributed by atoms with Crippen molar-refractivity contribution in [3.8, 4) is 0 Å². The fourth-order valence-electron chi connectivity index (χ4n) is 3.36. The Labute approximate surface area is 202 Å². The van der Waals surface area contributed by atoms with Gasteiger partial charge in [0.25, 0.3) is 0 Å². The monoisotopic (exact) mass is 515 g/mol. The van der Waals surface area contributed by atoms with Gasteiger partial charge >= 0.3 is 0 Å². The summed E-state index contributed by atoms with van der Waals surface area (Å²) >= 11 is 7.59. The molecule has 2 aromatic carbocycles. The number of aromatic nitrogens is 1. The van der Waals surface area contributed by atoms with Crippen LogP contribution in [0.4, 0.5) is 5.13 Å². The summed E-state index contributed by atoms with van der Waals surface area (Å²) in [6.45, 7) is 3.77. The van der Waals surface area contributed by atoms with Gasteiger partial charge in [-0.2, -0.15) is 0 Å². The normalized spacial score (nSPS) is 14.8. The Kier molecular flexibility index (Phi) is 8.49. The zero-order chi connectivity index (χ0) is 21.8. The molecule has 1 aromatic heterocycles. The van der Waals surface area contributed by atoms with Crippen molar-refractivity contribution < 1.29 is 17.9 Å². The Balaban J connectivity index is 0.00000289. The van der Waals surface area contributed by atoms with Crippen LogP contribution in [-0.4, -0.2) is 69.4 Å². The van der Waals surface area contributed by atoms with Crippen LogP contribution < -0.4 is 4.90 Å². The van der Waals surface area contributed by atoms with Gasteiger partial charge in [0.05, 0.1) is 27.8 Å². The van der Waals surface area contributed by atoms with Crippen molar-refractivity contribution in [2.24, 2.45) is 0 Å². The molecule has 1 aliphatic heterocycles. The number of anilines is 1. The van der Waals surface area contributed by atoms with Crippen molar-refractivity contribution in [2.45, 2.75) is 4.90 Å². The number of benzene rings is 2. The average molecular weight is 516 g/mol. The number of carbonyl (C=O) groups excluding carboxylic acids is 1. The zero-order valence-electron chi connectivity index (χ0n) is 17.1. The molecule has 11 heteroatoms. The van der Waals surface area contributed by atoms with Crippen LogP contribution in [0.5, 0.6) is 0 Å². The first kappa shape index (κ1) is 24.9. The highest BCUT2D eigenvalue weighted by atomic mass is 35.5. The minimum absolute atomic E-state index is 0. The summed E-state index contributed by atoms with van der Waals surface area (Å²) in [7, 11) is -3.77. The minimum atomic E-state index is -3.77. The van der Waals surface area contributed by atoms with E-state index < -0.39 is 21.5 Å². The fourth-order valence-corrected chi connectivity index (χ4v) is 5.89. The van der Waals surface area contributed by atoms with Crippen molar-refractivity contribution in [3.63, 3.8) is 0 Å². The molecule has 1 amide bonds. The number of para-hydroxylation sites is 1. The highest BCUT2D eigenvalue weighted by Gasteiger charge is 2.27. The molecule has 1 saturated heterocycles. The van der Waals surface area contributed by atoms with Gasteiger partial charge in [-0.15, -0.1) is 12.4 Å². The van der Waals surface area contributed by atoms with E-state index in [0.717, 1.165) is 17.8 Å². The lowest BCUT2D eigenvalue weighted by molar-refractivity contribution is -0.116. The van der Waals surface area contributed by atoms with E-state index in [1.165, 1.54) is 28.4 Å². The number of rotatable bonds is 7. The molecule has 4 rings (SSSR count). The molecule has 0 saturated carbocycles. The number of hydrogen-bond donors (Lipinski definition) is 0. The Bertz CT molecular complexity index is 1170.